The van der Waals surface area contributed by atoms with E-state index in [0.29, 0.717) is 0 Å². The summed E-state index contributed by atoms with van der Waals surface area (Å²) >= 11 is 1.19. The minimum atomic E-state index is -1.41. The zero-order valence-corrected chi connectivity index (χ0v) is 16.8. The number of hydrogen-bond donors (Lipinski definition) is 1. The lowest BCUT2D eigenvalue weighted by atomic mass is 9.88. The Labute approximate surface area is 169 Å². The van der Waals surface area contributed by atoms with Gasteiger partial charge in [-0.3, -0.25) is 19.2 Å². The Kier molecular flexibility index (Phi) is 5.80. The third-order valence-electron chi connectivity index (χ3n) is 4.68. The van der Waals surface area contributed by atoms with E-state index >= 15 is 0 Å². The first-order valence-electron chi connectivity index (χ1n) is 8.60. The van der Waals surface area contributed by atoms with Gasteiger partial charge in [0, 0.05) is 33.3 Å². The zero-order chi connectivity index (χ0) is 21.3. The van der Waals surface area contributed by atoms with Crippen LogP contribution in [0.1, 0.15) is 19.7 Å². The quantitative estimate of drug-likeness (QED) is 0.441. The van der Waals surface area contributed by atoms with Gasteiger partial charge < -0.3 is 24.0 Å². The molecule has 12 nitrogen and oxygen atoms in total. The number of carboxylic acids is 1. The van der Waals surface area contributed by atoms with Crippen LogP contribution in [0.4, 0.5) is 6.01 Å². The number of methoxy groups -OCH3 is 1. The number of esters is 1. The highest BCUT2D eigenvalue weighted by Crippen LogP contribution is 2.44. The maximum absolute atomic E-state index is 12.8. The van der Waals surface area contributed by atoms with Crippen molar-refractivity contribution in [1.82, 2.24) is 15.0 Å². The summed E-state index contributed by atoms with van der Waals surface area (Å²) in [5, 5.41) is 12.9. The van der Waals surface area contributed by atoms with Gasteiger partial charge in [0.25, 0.3) is 0 Å². The maximum atomic E-state index is 12.8. The Hall–Kier alpha value is -2.67. The molecule has 0 radical (unpaired) electrons. The predicted octanol–water partition coefficient (Wildman–Crippen LogP) is -0.513. The Balaban J connectivity index is 1.79. The Bertz CT molecular complexity index is 845. The van der Waals surface area contributed by atoms with Crippen LogP contribution in [0, 0.1) is 5.41 Å². The number of aromatic nitrogens is 2. The monoisotopic (exact) mass is 428 g/mol. The molecule has 3 heterocycles. The van der Waals surface area contributed by atoms with Crippen LogP contribution < -0.4 is 4.90 Å². The summed E-state index contributed by atoms with van der Waals surface area (Å²) in [5.41, 5.74) is -1.41. The molecule has 0 spiro atoms. The maximum Gasteiger partial charge on any atom is 0.331 e. The van der Waals surface area contributed by atoms with E-state index in [4.69, 9.17) is 14.0 Å². The molecule has 3 atom stereocenters. The van der Waals surface area contributed by atoms with Crippen molar-refractivity contribution in [3.8, 4) is 0 Å². The Morgan fingerprint density at radius 1 is 1.41 bits per heavy atom. The minimum Gasteiger partial charge on any atom is -0.481 e. The summed E-state index contributed by atoms with van der Waals surface area (Å²) in [6, 6.07) is -1.02. The molecule has 0 aliphatic carbocycles. The fourth-order valence-corrected chi connectivity index (χ4v) is 4.77. The molecule has 158 valence electrons. The number of thioether (sulfide) groups is 1. The number of rotatable bonds is 7. The normalized spacial score (nSPS) is 25.8. The number of ether oxygens (including phenoxy) is 2. The van der Waals surface area contributed by atoms with Crippen molar-refractivity contribution >= 4 is 41.5 Å². The van der Waals surface area contributed by atoms with Crippen molar-refractivity contribution in [2.45, 2.75) is 31.9 Å². The number of aliphatic carboxylic acids is 1. The third-order valence-corrected chi connectivity index (χ3v) is 6.25. The fraction of sp³-hybridized carbons (Fsp3) is 0.625. The number of nitrogens with zero attached hydrogens (tertiary/aromatic N) is 4. The Morgan fingerprint density at radius 2 is 2.14 bits per heavy atom. The van der Waals surface area contributed by atoms with Gasteiger partial charge in [-0.1, -0.05) is 5.16 Å². The third kappa shape index (κ3) is 3.79. The molecule has 2 aliphatic rings. The molecule has 0 aromatic carbocycles. The van der Waals surface area contributed by atoms with Crippen molar-refractivity contribution in [1.29, 1.82) is 0 Å². The van der Waals surface area contributed by atoms with Gasteiger partial charge in [0.15, 0.2) is 5.82 Å². The second kappa shape index (κ2) is 7.99. The van der Waals surface area contributed by atoms with Crippen LogP contribution in [-0.2, 0) is 35.3 Å². The highest BCUT2D eigenvalue weighted by atomic mass is 32.2. The molecule has 0 bridgehead atoms. The SMILES string of the molecule is COCc1noc(N(C(C)=O)C2C(=O)N3CC(COC(C)=O)(C(=O)O)CS[C@H]23)n1. The van der Waals surface area contributed by atoms with E-state index in [9.17, 15) is 24.3 Å². The zero-order valence-electron chi connectivity index (χ0n) is 16.0. The molecular formula is C16H20N4O8S. The van der Waals surface area contributed by atoms with E-state index < -0.39 is 40.6 Å². The van der Waals surface area contributed by atoms with Crippen LogP contribution in [0.3, 0.4) is 0 Å². The number of hydrogen-bond acceptors (Lipinski definition) is 10. The van der Waals surface area contributed by atoms with E-state index in [-0.39, 0.29) is 37.4 Å². The number of anilines is 1. The van der Waals surface area contributed by atoms with Crippen molar-refractivity contribution in [2.75, 3.05) is 30.9 Å². The topological polar surface area (TPSA) is 152 Å². The van der Waals surface area contributed by atoms with Gasteiger partial charge in [0.2, 0.25) is 11.8 Å². The summed E-state index contributed by atoms with van der Waals surface area (Å²) in [4.78, 5) is 54.5. The molecule has 2 amide bonds. The van der Waals surface area contributed by atoms with Gasteiger partial charge in [0.05, 0.1) is 0 Å². The van der Waals surface area contributed by atoms with Crippen molar-refractivity contribution < 1.29 is 38.3 Å². The molecule has 2 saturated heterocycles. The molecule has 1 aromatic heterocycles. The smallest absolute Gasteiger partial charge is 0.331 e. The first-order valence-corrected chi connectivity index (χ1v) is 9.65. The first kappa shape index (κ1) is 21.0. The van der Waals surface area contributed by atoms with Crippen molar-refractivity contribution in [3.05, 3.63) is 5.82 Å². The number of amides is 2. The van der Waals surface area contributed by atoms with Crippen LogP contribution in [0.25, 0.3) is 0 Å². The van der Waals surface area contributed by atoms with Gasteiger partial charge in [-0.05, 0) is 0 Å². The minimum absolute atomic E-state index is 0.0788. The summed E-state index contributed by atoms with van der Waals surface area (Å²) in [6.45, 7) is 2.06. The number of fused-ring (bicyclic) bond motifs is 1. The summed E-state index contributed by atoms with van der Waals surface area (Å²) in [6.07, 6.45) is 0. The van der Waals surface area contributed by atoms with Gasteiger partial charge in [-0.2, -0.15) is 4.98 Å². The molecule has 1 N–H and O–H groups in total. The van der Waals surface area contributed by atoms with Crippen molar-refractivity contribution in [3.63, 3.8) is 0 Å². The predicted molar refractivity (Wildman–Crippen MR) is 96.6 cm³/mol. The molecule has 0 saturated carbocycles. The molecule has 2 aliphatic heterocycles. The number of β-lactam (4-membered cyclic amide) rings is 1. The largest absolute Gasteiger partial charge is 0.481 e. The van der Waals surface area contributed by atoms with E-state index in [0.717, 1.165) is 4.90 Å². The highest BCUT2D eigenvalue weighted by Gasteiger charge is 2.60. The molecule has 3 rings (SSSR count). The molecular weight excluding hydrogens is 408 g/mol. The van der Waals surface area contributed by atoms with Crippen LogP contribution in [0.15, 0.2) is 4.52 Å². The van der Waals surface area contributed by atoms with Gasteiger partial charge in [-0.15, -0.1) is 11.8 Å². The standard InChI is InChI=1S/C16H20N4O8S/c1-8(21)20(15-17-10(4-26-3)18-28-15)11-12(23)19-5-16(14(24)25,6-27-9(2)22)7-29-13(11)19/h11,13H,4-7H2,1-3H3,(H,24,25)/t11?,13-,16?/m1/s1. The summed E-state index contributed by atoms with van der Waals surface area (Å²) in [7, 11) is 1.45. The number of carboxylic acid groups (broad SMARTS) is 1. The van der Waals surface area contributed by atoms with E-state index in [1.165, 1.54) is 37.6 Å². The molecule has 1 aromatic rings. The van der Waals surface area contributed by atoms with Gasteiger partial charge in [0.1, 0.15) is 30.0 Å². The van der Waals surface area contributed by atoms with Crippen LogP contribution in [0.2, 0.25) is 0 Å². The highest BCUT2D eigenvalue weighted by molar-refractivity contribution is 8.00. The lowest BCUT2D eigenvalue weighted by molar-refractivity contribution is -0.164. The Morgan fingerprint density at radius 3 is 2.72 bits per heavy atom. The molecule has 13 heteroatoms. The number of carbonyl (C=O) groups excluding carboxylic acids is 3. The first-order chi connectivity index (χ1) is 13.7. The fourth-order valence-electron chi connectivity index (χ4n) is 3.21. The average molecular weight is 428 g/mol. The van der Waals surface area contributed by atoms with Gasteiger partial charge >= 0.3 is 18.0 Å². The molecule has 2 unspecified atom stereocenters. The second-order valence-corrected chi connectivity index (χ2v) is 7.90. The van der Waals surface area contributed by atoms with E-state index in [2.05, 4.69) is 10.1 Å². The summed E-state index contributed by atoms with van der Waals surface area (Å²) in [5.74, 6) is -2.35. The van der Waals surface area contributed by atoms with Crippen LogP contribution >= 0.6 is 11.8 Å². The van der Waals surface area contributed by atoms with E-state index in [1.807, 2.05) is 0 Å². The van der Waals surface area contributed by atoms with E-state index in [1.54, 1.807) is 0 Å². The summed E-state index contributed by atoms with van der Waals surface area (Å²) < 4.78 is 14.9. The lowest BCUT2D eigenvalue weighted by Gasteiger charge is -2.55. The molecule has 2 fully saturated rings. The molecule has 29 heavy (non-hydrogen) atoms. The second-order valence-electron chi connectivity index (χ2n) is 6.79. The van der Waals surface area contributed by atoms with Crippen LogP contribution in [0.5, 0.6) is 0 Å². The number of carbonyl (C=O) groups is 4. The lowest BCUT2D eigenvalue weighted by Crippen LogP contribution is -2.75. The van der Waals surface area contributed by atoms with Gasteiger partial charge in [-0.25, -0.2) is 4.90 Å². The average Bonchev–Trinajstić information content (AvgIpc) is 3.11. The van der Waals surface area contributed by atoms with Crippen molar-refractivity contribution in [2.24, 2.45) is 5.41 Å². The van der Waals surface area contributed by atoms with Crippen LogP contribution in [-0.4, -0.2) is 81.3 Å².